The molecular formula is C22H28N2O. The van der Waals surface area contributed by atoms with Gasteiger partial charge in [-0.25, -0.2) is 0 Å². The van der Waals surface area contributed by atoms with Crippen LogP contribution in [-0.4, -0.2) is 23.9 Å². The predicted molar refractivity (Wildman–Crippen MR) is 104 cm³/mol. The molecule has 0 radical (unpaired) electrons. The summed E-state index contributed by atoms with van der Waals surface area (Å²) in [7, 11) is 0. The second kappa shape index (κ2) is 8.30. The summed E-state index contributed by atoms with van der Waals surface area (Å²) >= 11 is 0. The van der Waals surface area contributed by atoms with Crippen LogP contribution >= 0.6 is 0 Å². The van der Waals surface area contributed by atoms with Crippen molar-refractivity contribution in [3.63, 3.8) is 0 Å². The molecule has 3 rings (SSSR count). The van der Waals surface area contributed by atoms with Gasteiger partial charge < -0.3 is 5.32 Å². The van der Waals surface area contributed by atoms with Crippen LogP contribution in [0, 0.1) is 12.8 Å². The Kier molecular flexibility index (Phi) is 5.87. The van der Waals surface area contributed by atoms with Crippen molar-refractivity contribution in [3.05, 3.63) is 65.2 Å². The first-order valence-corrected chi connectivity index (χ1v) is 9.33. The number of nitrogens with zero attached hydrogens (tertiary/aromatic N) is 1. The molecule has 0 aromatic heterocycles. The number of rotatable bonds is 5. The van der Waals surface area contributed by atoms with Crippen LogP contribution in [0.25, 0.3) is 0 Å². The molecule has 0 saturated carbocycles. The van der Waals surface area contributed by atoms with Crippen LogP contribution in [-0.2, 0) is 17.8 Å². The highest BCUT2D eigenvalue weighted by atomic mass is 16.1. The smallest absolute Gasteiger partial charge is 0.228 e. The lowest BCUT2D eigenvalue weighted by atomic mass is 9.96. The molecule has 1 fully saturated rings. The molecule has 1 unspecified atom stereocenters. The highest BCUT2D eigenvalue weighted by Crippen LogP contribution is 2.23. The van der Waals surface area contributed by atoms with Crippen LogP contribution in [0.5, 0.6) is 0 Å². The van der Waals surface area contributed by atoms with Gasteiger partial charge in [-0.2, -0.15) is 0 Å². The van der Waals surface area contributed by atoms with Gasteiger partial charge >= 0.3 is 0 Å². The maximum atomic E-state index is 12.8. The number of aryl methyl sites for hydroxylation is 2. The number of hydrogen-bond acceptors (Lipinski definition) is 2. The number of hydrogen-bond donors (Lipinski definition) is 1. The Labute approximate surface area is 151 Å². The van der Waals surface area contributed by atoms with Gasteiger partial charge in [0.25, 0.3) is 0 Å². The quantitative estimate of drug-likeness (QED) is 0.877. The summed E-state index contributed by atoms with van der Waals surface area (Å²) in [5, 5.41) is 3.16. The van der Waals surface area contributed by atoms with E-state index in [9.17, 15) is 4.79 Å². The summed E-state index contributed by atoms with van der Waals surface area (Å²) in [6.07, 6.45) is 2.99. The van der Waals surface area contributed by atoms with E-state index < -0.39 is 0 Å². The highest BCUT2D eigenvalue weighted by Gasteiger charge is 2.26. The second-order valence-corrected chi connectivity index (χ2v) is 7.00. The van der Waals surface area contributed by atoms with E-state index in [0.29, 0.717) is 0 Å². The summed E-state index contributed by atoms with van der Waals surface area (Å²) < 4.78 is 0. The molecule has 1 heterocycles. The standard InChI is InChI=1S/C22H28N2O/c1-3-18-10-6-7-13-21(18)23-22(25)20-12-8-14-24(16-20)15-19-11-5-4-9-17(19)2/h4-7,9-11,13,20H,3,8,12,14-16H2,1-2H3,(H,23,25). The average Bonchev–Trinajstić information content (AvgIpc) is 2.64. The molecule has 2 aromatic rings. The maximum Gasteiger partial charge on any atom is 0.228 e. The molecule has 25 heavy (non-hydrogen) atoms. The number of nitrogens with one attached hydrogen (secondary N) is 1. The summed E-state index contributed by atoms with van der Waals surface area (Å²) in [5.74, 6) is 0.234. The SMILES string of the molecule is CCc1ccccc1NC(=O)C1CCCN(Cc2ccccc2C)C1. The molecule has 3 nitrogen and oxygen atoms in total. The first-order valence-electron chi connectivity index (χ1n) is 9.33. The Bertz CT molecular complexity index is 725. The van der Waals surface area contributed by atoms with Crippen molar-refractivity contribution < 1.29 is 4.79 Å². The van der Waals surface area contributed by atoms with Crippen LogP contribution in [0.1, 0.15) is 36.5 Å². The third-order valence-electron chi connectivity index (χ3n) is 5.19. The molecule has 3 heteroatoms. The minimum absolute atomic E-state index is 0.0719. The number of piperidine rings is 1. The lowest BCUT2D eigenvalue weighted by Crippen LogP contribution is -2.40. The summed E-state index contributed by atoms with van der Waals surface area (Å²) in [6.45, 7) is 7.13. The van der Waals surface area contributed by atoms with Gasteiger partial charge in [-0.15, -0.1) is 0 Å². The normalized spacial score (nSPS) is 18.1. The molecule has 1 amide bonds. The molecule has 1 saturated heterocycles. The van der Waals surface area contributed by atoms with Gasteiger partial charge in [-0.05, 0) is 55.5 Å². The van der Waals surface area contributed by atoms with Gasteiger partial charge in [0, 0.05) is 18.8 Å². The van der Waals surface area contributed by atoms with Gasteiger partial charge in [0.05, 0.1) is 5.92 Å². The number of anilines is 1. The minimum atomic E-state index is 0.0719. The van der Waals surface area contributed by atoms with Crippen molar-refractivity contribution in [1.82, 2.24) is 4.90 Å². The molecule has 0 bridgehead atoms. The van der Waals surface area contributed by atoms with Crippen molar-refractivity contribution in [2.24, 2.45) is 5.92 Å². The van der Waals surface area contributed by atoms with E-state index >= 15 is 0 Å². The number of carbonyl (C=O) groups excluding carboxylic acids is 1. The zero-order valence-electron chi connectivity index (χ0n) is 15.3. The van der Waals surface area contributed by atoms with E-state index in [1.807, 2.05) is 18.2 Å². The molecule has 0 aliphatic carbocycles. The maximum absolute atomic E-state index is 12.8. The number of likely N-dealkylation sites (tertiary alicyclic amines) is 1. The highest BCUT2D eigenvalue weighted by molar-refractivity contribution is 5.93. The fourth-order valence-electron chi connectivity index (χ4n) is 3.63. The second-order valence-electron chi connectivity index (χ2n) is 7.00. The molecule has 2 aromatic carbocycles. The van der Waals surface area contributed by atoms with Crippen molar-refractivity contribution in [2.75, 3.05) is 18.4 Å². The number of para-hydroxylation sites is 1. The zero-order chi connectivity index (χ0) is 17.6. The largest absolute Gasteiger partial charge is 0.326 e. The molecule has 1 aliphatic rings. The van der Waals surface area contributed by atoms with Crippen LogP contribution in [0.3, 0.4) is 0 Å². The molecule has 1 aliphatic heterocycles. The lowest BCUT2D eigenvalue weighted by molar-refractivity contribution is -0.121. The summed E-state index contributed by atoms with van der Waals surface area (Å²) in [6, 6.07) is 16.6. The zero-order valence-corrected chi connectivity index (χ0v) is 15.3. The van der Waals surface area contributed by atoms with E-state index in [1.165, 1.54) is 16.7 Å². The van der Waals surface area contributed by atoms with Gasteiger partial charge in [0.1, 0.15) is 0 Å². The van der Waals surface area contributed by atoms with Crippen molar-refractivity contribution in [1.29, 1.82) is 0 Å². The van der Waals surface area contributed by atoms with Crippen LogP contribution in [0.4, 0.5) is 5.69 Å². The summed E-state index contributed by atoms with van der Waals surface area (Å²) in [5.41, 5.74) is 4.85. The van der Waals surface area contributed by atoms with Gasteiger partial charge in [-0.1, -0.05) is 49.4 Å². The van der Waals surface area contributed by atoms with Crippen LogP contribution in [0.15, 0.2) is 48.5 Å². The van der Waals surface area contributed by atoms with Gasteiger partial charge in [0.2, 0.25) is 5.91 Å². The molecular weight excluding hydrogens is 308 g/mol. The Morgan fingerprint density at radius 1 is 1.12 bits per heavy atom. The Balaban J connectivity index is 1.63. The van der Waals surface area contributed by atoms with Crippen LogP contribution < -0.4 is 5.32 Å². The van der Waals surface area contributed by atoms with Crippen molar-refractivity contribution in [3.8, 4) is 0 Å². The van der Waals surface area contributed by atoms with E-state index in [2.05, 4.69) is 54.4 Å². The molecule has 0 spiro atoms. The first kappa shape index (κ1) is 17.7. The van der Waals surface area contributed by atoms with E-state index in [-0.39, 0.29) is 11.8 Å². The lowest BCUT2D eigenvalue weighted by Gasteiger charge is -2.32. The third-order valence-corrected chi connectivity index (χ3v) is 5.19. The van der Waals surface area contributed by atoms with E-state index in [4.69, 9.17) is 0 Å². The third kappa shape index (κ3) is 4.49. The minimum Gasteiger partial charge on any atom is -0.326 e. The van der Waals surface area contributed by atoms with Crippen molar-refractivity contribution >= 4 is 11.6 Å². The molecule has 132 valence electrons. The average molecular weight is 336 g/mol. The molecule has 1 atom stereocenters. The predicted octanol–water partition coefficient (Wildman–Crippen LogP) is 4.41. The van der Waals surface area contributed by atoms with E-state index in [0.717, 1.165) is 44.6 Å². The summed E-state index contributed by atoms with van der Waals surface area (Å²) in [4.78, 5) is 15.2. The first-order chi connectivity index (χ1) is 12.2. The topological polar surface area (TPSA) is 32.3 Å². The Hall–Kier alpha value is -2.13. The number of benzene rings is 2. The number of amides is 1. The van der Waals surface area contributed by atoms with Crippen LogP contribution in [0.2, 0.25) is 0 Å². The van der Waals surface area contributed by atoms with E-state index in [1.54, 1.807) is 0 Å². The Morgan fingerprint density at radius 3 is 2.60 bits per heavy atom. The fourth-order valence-corrected chi connectivity index (χ4v) is 3.63. The molecule has 1 N–H and O–H groups in total. The monoisotopic (exact) mass is 336 g/mol. The fraction of sp³-hybridized carbons (Fsp3) is 0.409. The van der Waals surface area contributed by atoms with Gasteiger partial charge in [0.15, 0.2) is 0 Å². The number of carbonyl (C=O) groups is 1. The Morgan fingerprint density at radius 2 is 1.84 bits per heavy atom. The van der Waals surface area contributed by atoms with Crippen molar-refractivity contribution in [2.45, 2.75) is 39.7 Å². The van der Waals surface area contributed by atoms with Gasteiger partial charge in [-0.3, -0.25) is 9.69 Å².